The lowest BCUT2D eigenvalue weighted by atomic mass is 10.1. The second kappa shape index (κ2) is 7.26. The number of carbonyl (C=O) groups excluding carboxylic acids is 1. The maximum atomic E-state index is 11.7. The van der Waals surface area contributed by atoms with Crippen molar-refractivity contribution >= 4 is 5.78 Å². The van der Waals surface area contributed by atoms with Crippen molar-refractivity contribution < 1.29 is 19.0 Å². The highest BCUT2D eigenvalue weighted by atomic mass is 16.5. The second-order valence-electron chi connectivity index (χ2n) is 4.69. The zero-order valence-electron chi connectivity index (χ0n) is 12.1. The molecule has 0 amide bonds. The van der Waals surface area contributed by atoms with Crippen molar-refractivity contribution in [3.8, 4) is 11.5 Å². The van der Waals surface area contributed by atoms with E-state index in [1.807, 2.05) is 6.07 Å². The van der Waals surface area contributed by atoms with Crippen molar-refractivity contribution in [1.82, 2.24) is 4.90 Å². The standard InChI is InChI=1S/C15H21NO4/c1-12(17)15-13(18-2)4-3-5-14(15)20-11-8-16-6-9-19-10-7-16/h3-5H,6-11H2,1-2H3. The average molecular weight is 279 g/mol. The van der Waals surface area contributed by atoms with Gasteiger partial charge in [0.15, 0.2) is 5.78 Å². The molecule has 0 bridgehead atoms. The van der Waals surface area contributed by atoms with Crippen LogP contribution in [-0.2, 0) is 4.74 Å². The largest absolute Gasteiger partial charge is 0.496 e. The van der Waals surface area contributed by atoms with Crippen LogP contribution in [-0.4, -0.2) is 57.2 Å². The Morgan fingerprint density at radius 3 is 2.65 bits per heavy atom. The van der Waals surface area contributed by atoms with Gasteiger partial charge in [0.2, 0.25) is 0 Å². The number of morpholine rings is 1. The molecule has 1 aromatic rings. The minimum atomic E-state index is -0.0520. The molecule has 1 saturated heterocycles. The molecule has 1 aliphatic heterocycles. The first-order valence-electron chi connectivity index (χ1n) is 6.83. The maximum absolute atomic E-state index is 11.7. The van der Waals surface area contributed by atoms with Crippen molar-refractivity contribution in [2.75, 3.05) is 46.6 Å². The van der Waals surface area contributed by atoms with Crippen molar-refractivity contribution in [3.05, 3.63) is 23.8 Å². The van der Waals surface area contributed by atoms with Crippen LogP contribution >= 0.6 is 0 Å². The zero-order chi connectivity index (χ0) is 14.4. The van der Waals surface area contributed by atoms with E-state index in [1.54, 1.807) is 19.2 Å². The summed E-state index contributed by atoms with van der Waals surface area (Å²) in [6.45, 7) is 6.32. The van der Waals surface area contributed by atoms with Gasteiger partial charge in [-0.15, -0.1) is 0 Å². The SMILES string of the molecule is COc1cccc(OCCN2CCOCC2)c1C(C)=O. The summed E-state index contributed by atoms with van der Waals surface area (Å²) in [6, 6.07) is 5.40. The van der Waals surface area contributed by atoms with E-state index in [0.29, 0.717) is 23.7 Å². The van der Waals surface area contributed by atoms with Crippen molar-refractivity contribution in [2.24, 2.45) is 0 Å². The molecule has 0 aromatic heterocycles. The molecule has 1 fully saturated rings. The highest BCUT2D eigenvalue weighted by molar-refractivity contribution is 5.99. The molecule has 20 heavy (non-hydrogen) atoms. The minimum absolute atomic E-state index is 0.0520. The van der Waals surface area contributed by atoms with Crippen LogP contribution in [0, 0.1) is 0 Å². The molecule has 110 valence electrons. The van der Waals surface area contributed by atoms with Gasteiger partial charge in [0, 0.05) is 19.6 Å². The van der Waals surface area contributed by atoms with Crippen LogP contribution in [0.1, 0.15) is 17.3 Å². The number of ketones is 1. The Labute approximate surface area is 119 Å². The van der Waals surface area contributed by atoms with Gasteiger partial charge in [-0.1, -0.05) is 6.07 Å². The molecule has 1 aromatic carbocycles. The maximum Gasteiger partial charge on any atom is 0.167 e. The van der Waals surface area contributed by atoms with E-state index in [9.17, 15) is 4.79 Å². The Morgan fingerprint density at radius 1 is 1.30 bits per heavy atom. The minimum Gasteiger partial charge on any atom is -0.496 e. The van der Waals surface area contributed by atoms with Crippen molar-refractivity contribution in [1.29, 1.82) is 0 Å². The summed E-state index contributed by atoms with van der Waals surface area (Å²) >= 11 is 0. The number of hydrogen-bond donors (Lipinski definition) is 0. The molecule has 1 heterocycles. The van der Waals surface area contributed by atoms with E-state index in [1.165, 1.54) is 6.92 Å². The van der Waals surface area contributed by atoms with E-state index in [0.717, 1.165) is 32.8 Å². The van der Waals surface area contributed by atoms with Crippen molar-refractivity contribution in [2.45, 2.75) is 6.92 Å². The number of nitrogens with zero attached hydrogens (tertiary/aromatic N) is 1. The summed E-state index contributed by atoms with van der Waals surface area (Å²) in [6.07, 6.45) is 0. The molecule has 0 aliphatic carbocycles. The van der Waals surface area contributed by atoms with E-state index in [-0.39, 0.29) is 5.78 Å². The lowest BCUT2D eigenvalue weighted by Crippen LogP contribution is -2.38. The van der Waals surface area contributed by atoms with Crippen LogP contribution in [0.3, 0.4) is 0 Å². The number of ether oxygens (including phenoxy) is 3. The zero-order valence-corrected chi connectivity index (χ0v) is 12.1. The third kappa shape index (κ3) is 3.71. The first-order chi connectivity index (χ1) is 9.72. The van der Waals surface area contributed by atoms with Crippen LogP contribution in [0.2, 0.25) is 0 Å². The molecule has 1 aliphatic rings. The molecule has 0 radical (unpaired) electrons. The summed E-state index contributed by atoms with van der Waals surface area (Å²) in [5.74, 6) is 1.09. The molecule has 0 saturated carbocycles. The Hall–Kier alpha value is -1.59. The van der Waals surface area contributed by atoms with Crippen LogP contribution in [0.4, 0.5) is 0 Å². The van der Waals surface area contributed by atoms with E-state index in [4.69, 9.17) is 14.2 Å². The van der Waals surface area contributed by atoms with Gasteiger partial charge in [-0.25, -0.2) is 0 Å². The van der Waals surface area contributed by atoms with Crippen LogP contribution in [0.5, 0.6) is 11.5 Å². The Kier molecular flexibility index (Phi) is 5.38. The van der Waals surface area contributed by atoms with Crippen LogP contribution in [0.25, 0.3) is 0 Å². The lowest BCUT2D eigenvalue weighted by molar-refractivity contribution is 0.0322. The molecule has 5 heteroatoms. The predicted molar refractivity (Wildman–Crippen MR) is 75.8 cm³/mol. The molecule has 5 nitrogen and oxygen atoms in total. The summed E-state index contributed by atoms with van der Waals surface area (Å²) in [7, 11) is 1.55. The van der Waals surface area contributed by atoms with Gasteiger partial charge in [-0.2, -0.15) is 0 Å². The predicted octanol–water partition coefficient (Wildman–Crippen LogP) is 1.61. The fraction of sp³-hybridized carbons (Fsp3) is 0.533. The lowest BCUT2D eigenvalue weighted by Gasteiger charge is -2.26. The molecule has 0 N–H and O–H groups in total. The van der Waals surface area contributed by atoms with Crippen LogP contribution in [0.15, 0.2) is 18.2 Å². The molecule has 0 atom stereocenters. The average Bonchev–Trinajstić information content (AvgIpc) is 2.47. The molecule has 2 rings (SSSR count). The quantitative estimate of drug-likeness (QED) is 0.740. The monoisotopic (exact) mass is 279 g/mol. The highest BCUT2D eigenvalue weighted by Gasteiger charge is 2.15. The fourth-order valence-corrected chi connectivity index (χ4v) is 2.26. The van der Waals surface area contributed by atoms with Gasteiger partial charge < -0.3 is 14.2 Å². The van der Waals surface area contributed by atoms with Gasteiger partial charge in [0.25, 0.3) is 0 Å². The molecular formula is C15H21NO4. The Balaban J connectivity index is 1.96. The van der Waals surface area contributed by atoms with Crippen LogP contribution < -0.4 is 9.47 Å². The number of carbonyl (C=O) groups is 1. The topological polar surface area (TPSA) is 48.0 Å². The number of benzene rings is 1. The first kappa shape index (κ1) is 14.8. The summed E-state index contributed by atoms with van der Waals surface area (Å²) in [5.41, 5.74) is 0.511. The third-order valence-corrected chi connectivity index (χ3v) is 3.33. The third-order valence-electron chi connectivity index (χ3n) is 3.33. The molecule has 0 unspecified atom stereocenters. The Bertz CT molecular complexity index is 455. The highest BCUT2D eigenvalue weighted by Crippen LogP contribution is 2.28. The van der Waals surface area contributed by atoms with Gasteiger partial charge in [0.1, 0.15) is 23.7 Å². The number of hydrogen-bond acceptors (Lipinski definition) is 5. The summed E-state index contributed by atoms with van der Waals surface area (Å²) in [5, 5.41) is 0. The second-order valence-corrected chi connectivity index (χ2v) is 4.69. The van der Waals surface area contributed by atoms with Gasteiger partial charge in [-0.3, -0.25) is 9.69 Å². The van der Waals surface area contributed by atoms with E-state index in [2.05, 4.69) is 4.90 Å². The normalized spacial score (nSPS) is 15.9. The van der Waals surface area contributed by atoms with Gasteiger partial charge >= 0.3 is 0 Å². The Morgan fingerprint density at radius 2 is 2.00 bits per heavy atom. The summed E-state index contributed by atoms with van der Waals surface area (Å²) in [4.78, 5) is 14.0. The molecular weight excluding hydrogens is 258 g/mol. The van der Waals surface area contributed by atoms with E-state index >= 15 is 0 Å². The van der Waals surface area contributed by atoms with Gasteiger partial charge in [-0.05, 0) is 19.1 Å². The van der Waals surface area contributed by atoms with Gasteiger partial charge in [0.05, 0.1) is 20.3 Å². The number of rotatable bonds is 6. The fourth-order valence-electron chi connectivity index (χ4n) is 2.26. The number of Topliss-reactive ketones (excluding diaryl/α,β-unsaturated/α-hetero) is 1. The van der Waals surface area contributed by atoms with Crippen molar-refractivity contribution in [3.63, 3.8) is 0 Å². The number of methoxy groups -OCH3 is 1. The molecule has 0 spiro atoms. The smallest absolute Gasteiger partial charge is 0.167 e. The van der Waals surface area contributed by atoms with E-state index < -0.39 is 0 Å². The summed E-state index contributed by atoms with van der Waals surface area (Å²) < 4.78 is 16.3. The first-order valence-corrected chi connectivity index (χ1v) is 6.83.